The van der Waals surface area contributed by atoms with E-state index in [2.05, 4.69) is 105 Å². The molecule has 0 saturated carbocycles. The molecule has 2 atom stereocenters. The van der Waals surface area contributed by atoms with Crippen LogP contribution in [0.15, 0.2) is 64.2 Å². The number of rotatable bonds is 3. The van der Waals surface area contributed by atoms with E-state index in [1.165, 1.54) is 24.5 Å². The predicted octanol–water partition coefficient (Wildman–Crippen LogP) is 6.92. The molecule has 0 fully saturated rings. The molecule has 3 heterocycles. The summed E-state index contributed by atoms with van der Waals surface area (Å²) in [5.41, 5.74) is 3.52. The van der Waals surface area contributed by atoms with Crippen LogP contribution in [-0.2, 0) is 6.42 Å². The van der Waals surface area contributed by atoms with Crippen molar-refractivity contribution < 1.29 is 4.74 Å². The van der Waals surface area contributed by atoms with Gasteiger partial charge in [-0.25, -0.2) is 5.01 Å². The van der Waals surface area contributed by atoms with Crippen LogP contribution in [0.4, 0.5) is 0 Å². The Hall–Kier alpha value is -1.38. The van der Waals surface area contributed by atoms with Gasteiger partial charge in [-0.3, -0.25) is 0 Å². The van der Waals surface area contributed by atoms with Crippen LogP contribution < -0.4 is 4.74 Å². The van der Waals surface area contributed by atoms with E-state index in [1.807, 2.05) is 11.3 Å². The zero-order valence-corrected chi connectivity index (χ0v) is 19.8. The number of hydrogen-bond donors (Lipinski definition) is 0. The summed E-state index contributed by atoms with van der Waals surface area (Å²) in [5.74, 6) is 0.950. The largest absolute Gasteiger partial charge is 0.464 e. The Labute approximate surface area is 190 Å². The number of ether oxygens (including phenoxy) is 1. The smallest absolute Gasteiger partial charge is 0.222 e. The second-order valence-electron chi connectivity index (χ2n) is 6.96. The molecule has 6 heteroatoms. The van der Waals surface area contributed by atoms with Gasteiger partial charge in [0.1, 0.15) is 5.75 Å². The van der Waals surface area contributed by atoms with Crippen molar-refractivity contribution in [2.75, 3.05) is 0 Å². The van der Waals surface area contributed by atoms with E-state index in [0.717, 1.165) is 28.8 Å². The summed E-state index contributed by atoms with van der Waals surface area (Å²) in [6.45, 7) is 2.19. The molecule has 2 aliphatic rings. The number of aryl methyl sites for hydroxylation is 1. The molecule has 0 spiro atoms. The molecule has 2 unspecified atom stereocenters. The third kappa shape index (κ3) is 3.29. The first kappa shape index (κ1) is 18.6. The van der Waals surface area contributed by atoms with Gasteiger partial charge in [0.2, 0.25) is 6.23 Å². The highest BCUT2D eigenvalue weighted by Crippen LogP contribution is 2.49. The molecule has 2 aromatic carbocycles. The highest BCUT2D eigenvalue weighted by molar-refractivity contribution is 14.1. The van der Waals surface area contributed by atoms with Gasteiger partial charge in [0, 0.05) is 24.9 Å². The Morgan fingerprint density at radius 1 is 1.18 bits per heavy atom. The third-order valence-corrected chi connectivity index (χ3v) is 7.68. The molecule has 2 aliphatic heterocycles. The van der Waals surface area contributed by atoms with E-state index >= 15 is 0 Å². The molecular formula is C22H18BrIN2OS. The third-order valence-electron chi connectivity index (χ3n) is 5.21. The lowest BCUT2D eigenvalue weighted by molar-refractivity contribution is -0.0166. The van der Waals surface area contributed by atoms with Crippen LogP contribution in [-0.4, -0.2) is 10.7 Å². The van der Waals surface area contributed by atoms with Crippen LogP contribution >= 0.6 is 49.9 Å². The van der Waals surface area contributed by atoms with Crippen molar-refractivity contribution in [3.63, 3.8) is 0 Å². The highest BCUT2D eigenvalue weighted by Gasteiger charge is 2.41. The molecule has 0 N–H and O–H groups in total. The molecule has 0 amide bonds. The average Bonchev–Trinajstić information content (AvgIpc) is 3.35. The van der Waals surface area contributed by atoms with Crippen LogP contribution in [0.2, 0.25) is 0 Å². The predicted molar refractivity (Wildman–Crippen MR) is 126 cm³/mol. The summed E-state index contributed by atoms with van der Waals surface area (Å²) < 4.78 is 8.75. The van der Waals surface area contributed by atoms with Crippen LogP contribution in [0.3, 0.4) is 0 Å². The maximum absolute atomic E-state index is 6.47. The van der Waals surface area contributed by atoms with E-state index in [1.54, 1.807) is 0 Å². The summed E-state index contributed by atoms with van der Waals surface area (Å²) in [6.07, 6.45) is 1.75. The van der Waals surface area contributed by atoms with Crippen molar-refractivity contribution in [2.24, 2.45) is 5.10 Å². The Morgan fingerprint density at radius 2 is 2.00 bits per heavy atom. The van der Waals surface area contributed by atoms with Crippen molar-refractivity contribution in [2.45, 2.75) is 32.0 Å². The fraction of sp³-hybridized carbons (Fsp3) is 0.227. The number of hydrazone groups is 1. The molecule has 0 aliphatic carbocycles. The topological polar surface area (TPSA) is 24.8 Å². The van der Waals surface area contributed by atoms with Crippen molar-refractivity contribution in [1.82, 2.24) is 5.01 Å². The average molecular weight is 565 g/mol. The van der Waals surface area contributed by atoms with Gasteiger partial charge in [-0.1, -0.05) is 41.1 Å². The molecular weight excluding hydrogens is 547 g/mol. The molecule has 142 valence electrons. The van der Waals surface area contributed by atoms with Gasteiger partial charge in [-0.2, -0.15) is 5.10 Å². The lowest BCUT2D eigenvalue weighted by Crippen LogP contribution is -2.33. The lowest BCUT2D eigenvalue weighted by Gasteiger charge is -2.37. The van der Waals surface area contributed by atoms with Crippen LogP contribution in [0, 0.1) is 3.57 Å². The first-order chi connectivity index (χ1) is 13.6. The molecule has 5 rings (SSSR count). The highest BCUT2D eigenvalue weighted by atomic mass is 127. The fourth-order valence-corrected chi connectivity index (χ4v) is 5.45. The first-order valence-electron chi connectivity index (χ1n) is 9.29. The van der Waals surface area contributed by atoms with E-state index in [9.17, 15) is 0 Å². The minimum Gasteiger partial charge on any atom is -0.464 e. The van der Waals surface area contributed by atoms with Gasteiger partial charge in [0.05, 0.1) is 16.6 Å². The van der Waals surface area contributed by atoms with Crippen LogP contribution in [0.25, 0.3) is 0 Å². The van der Waals surface area contributed by atoms with E-state index in [0.29, 0.717) is 0 Å². The molecule has 3 aromatic rings. The van der Waals surface area contributed by atoms with Crippen molar-refractivity contribution in [3.05, 3.63) is 83.5 Å². The van der Waals surface area contributed by atoms with E-state index < -0.39 is 0 Å². The summed E-state index contributed by atoms with van der Waals surface area (Å²) in [6, 6.07) is 19.5. The van der Waals surface area contributed by atoms with E-state index in [-0.39, 0.29) is 12.3 Å². The monoisotopic (exact) mass is 564 g/mol. The van der Waals surface area contributed by atoms with Gasteiger partial charge < -0.3 is 4.74 Å². The normalized spacial score (nSPS) is 20.4. The fourth-order valence-electron chi connectivity index (χ4n) is 3.78. The second kappa shape index (κ2) is 7.46. The van der Waals surface area contributed by atoms with Gasteiger partial charge in [0.15, 0.2) is 0 Å². The number of hydrogen-bond acceptors (Lipinski definition) is 4. The van der Waals surface area contributed by atoms with Crippen LogP contribution in [0.1, 0.15) is 46.5 Å². The number of benzene rings is 2. The number of fused-ring (bicyclic) bond motifs is 3. The zero-order valence-electron chi connectivity index (χ0n) is 15.2. The number of halogens is 2. The number of nitrogens with zero attached hydrogens (tertiary/aromatic N) is 2. The molecule has 0 radical (unpaired) electrons. The Kier molecular flexibility index (Phi) is 4.97. The molecule has 0 saturated heterocycles. The Balaban J connectivity index is 1.58. The maximum atomic E-state index is 6.47. The Bertz CT molecular complexity index is 1060. The molecule has 3 nitrogen and oxygen atoms in total. The lowest BCUT2D eigenvalue weighted by atomic mass is 9.96. The minimum atomic E-state index is -0.182. The molecule has 28 heavy (non-hydrogen) atoms. The molecule has 1 aromatic heterocycles. The van der Waals surface area contributed by atoms with Gasteiger partial charge >= 0.3 is 0 Å². The quantitative estimate of drug-likeness (QED) is 0.323. The molecule has 0 bridgehead atoms. The van der Waals surface area contributed by atoms with Crippen molar-refractivity contribution in [3.8, 4) is 5.75 Å². The van der Waals surface area contributed by atoms with Crippen molar-refractivity contribution >= 4 is 55.6 Å². The van der Waals surface area contributed by atoms with Gasteiger partial charge in [0.25, 0.3) is 0 Å². The summed E-state index contributed by atoms with van der Waals surface area (Å²) in [4.78, 5) is 2.58. The SMILES string of the molecule is CCc1ccc(C2Oc3cc(Br)ccc3C3CC(c4ccc(I)cc4)=NN32)s1. The van der Waals surface area contributed by atoms with Gasteiger partial charge in [-0.05, 0) is 71.0 Å². The van der Waals surface area contributed by atoms with Crippen molar-refractivity contribution in [1.29, 1.82) is 0 Å². The zero-order chi connectivity index (χ0) is 19.3. The van der Waals surface area contributed by atoms with Crippen LogP contribution in [0.5, 0.6) is 5.75 Å². The van der Waals surface area contributed by atoms with E-state index in [4.69, 9.17) is 9.84 Å². The standard InChI is InChI=1S/C22H18BrIN2OS/c1-2-16-8-10-21(28-16)22-26-19(17-9-5-14(23)11-20(17)27-22)12-18(25-26)13-3-6-15(24)7-4-13/h3-11,19,22H,2,12H2,1H3. The summed E-state index contributed by atoms with van der Waals surface area (Å²) in [5, 5.41) is 7.20. The minimum absolute atomic E-state index is 0.182. The first-order valence-corrected chi connectivity index (χ1v) is 12.0. The Morgan fingerprint density at radius 3 is 2.75 bits per heavy atom. The van der Waals surface area contributed by atoms with Gasteiger partial charge in [-0.15, -0.1) is 11.3 Å². The second-order valence-corrected chi connectivity index (χ2v) is 10.3. The number of thiophene rings is 1. The summed E-state index contributed by atoms with van der Waals surface area (Å²) >= 11 is 7.75. The maximum Gasteiger partial charge on any atom is 0.222 e. The summed E-state index contributed by atoms with van der Waals surface area (Å²) in [7, 11) is 0.